The van der Waals surface area contributed by atoms with Crippen LogP contribution in [0.15, 0.2) is 34.0 Å². The van der Waals surface area contributed by atoms with Gasteiger partial charge in [-0.3, -0.25) is 19.1 Å². The van der Waals surface area contributed by atoms with Crippen molar-refractivity contribution in [2.24, 2.45) is 0 Å². The number of hydrogen-bond acceptors (Lipinski definition) is 6. The molecule has 0 aliphatic heterocycles. The van der Waals surface area contributed by atoms with Crippen molar-refractivity contribution < 1.29 is 15.0 Å². The zero-order valence-corrected chi connectivity index (χ0v) is 19.8. The molecule has 1 aliphatic carbocycles. The lowest BCUT2D eigenvalue weighted by molar-refractivity contribution is -0.122. The molecule has 1 fully saturated rings. The maximum Gasteiger partial charge on any atom is 0.328 e. The van der Waals surface area contributed by atoms with Gasteiger partial charge < -0.3 is 20.1 Å². The van der Waals surface area contributed by atoms with Crippen LogP contribution in [0, 0.1) is 6.92 Å². The van der Waals surface area contributed by atoms with Crippen molar-refractivity contribution in [2.45, 2.75) is 70.2 Å². The second-order valence-electron chi connectivity index (χ2n) is 9.67. The minimum atomic E-state index is -1.54. The number of aliphatic hydroxyl groups excluding tert-OH is 1. The standard InChI is InChI=1S/C24H31N5O5/c1-13(2)20-25-17-6-5-15(9-18(17)26-20)22(32)28(4)16-7-8-24(34,19(30)10-16)12-29-11-14(3)21(31)27-23(29)33/h5-6,9,11,13,16,19,30,34H,7-8,10,12H2,1-4H3,(H,25,26)(H,27,31,33)/t16-,19+,24+/m0/s1. The zero-order chi connectivity index (χ0) is 24.8. The number of rotatable bonds is 5. The molecule has 1 saturated carbocycles. The number of benzene rings is 1. The lowest BCUT2D eigenvalue weighted by Gasteiger charge is -2.43. The summed E-state index contributed by atoms with van der Waals surface area (Å²) < 4.78 is 1.21. The van der Waals surface area contributed by atoms with Gasteiger partial charge >= 0.3 is 5.69 Å². The minimum Gasteiger partial charge on any atom is -0.390 e. The highest BCUT2D eigenvalue weighted by molar-refractivity contribution is 5.97. The Morgan fingerprint density at radius 2 is 2.06 bits per heavy atom. The number of nitrogens with one attached hydrogen (secondary N) is 2. The molecule has 0 unspecified atom stereocenters. The third kappa shape index (κ3) is 4.43. The summed E-state index contributed by atoms with van der Waals surface area (Å²) in [4.78, 5) is 48.5. The summed E-state index contributed by atoms with van der Waals surface area (Å²) in [5, 5.41) is 21.9. The zero-order valence-electron chi connectivity index (χ0n) is 19.8. The molecular weight excluding hydrogens is 438 g/mol. The molecule has 1 aliphatic rings. The van der Waals surface area contributed by atoms with Crippen molar-refractivity contribution in [3.05, 3.63) is 62.2 Å². The second-order valence-corrected chi connectivity index (χ2v) is 9.67. The van der Waals surface area contributed by atoms with E-state index in [1.54, 1.807) is 31.0 Å². The largest absolute Gasteiger partial charge is 0.390 e. The molecule has 2 heterocycles. The molecule has 0 bridgehead atoms. The van der Waals surface area contributed by atoms with Crippen molar-refractivity contribution in [3.63, 3.8) is 0 Å². The average molecular weight is 470 g/mol. The highest BCUT2D eigenvalue weighted by Gasteiger charge is 2.43. The number of hydrogen-bond donors (Lipinski definition) is 4. The number of aryl methyl sites for hydroxylation is 1. The molecule has 0 saturated heterocycles. The Morgan fingerprint density at radius 1 is 1.32 bits per heavy atom. The molecule has 4 N–H and O–H groups in total. The lowest BCUT2D eigenvalue weighted by Crippen LogP contribution is -2.55. The van der Waals surface area contributed by atoms with Crippen LogP contribution in [0.25, 0.3) is 11.0 Å². The highest BCUT2D eigenvalue weighted by atomic mass is 16.3. The van der Waals surface area contributed by atoms with Gasteiger partial charge in [-0.2, -0.15) is 0 Å². The normalized spacial score (nSPS) is 22.9. The van der Waals surface area contributed by atoms with Crippen LogP contribution in [0.2, 0.25) is 0 Å². The first-order valence-electron chi connectivity index (χ1n) is 11.5. The van der Waals surface area contributed by atoms with E-state index in [-0.39, 0.29) is 37.3 Å². The summed E-state index contributed by atoms with van der Waals surface area (Å²) >= 11 is 0. The number of aromatic nitrogens is 4. The third-order valence-corrected chi connectivity index (χ3v) is 6.82. The van der Waals surface area contributed by atoms with Crippen molar-refractivity contribution in [2.75, 3.05) is 7.05 Å². The number of imidazole rings is 1. The third-order valence-electron chi connectivity index (χ3n) is 6.82. The van der Waals surface area contributed by atoms with Crippen LogP contribution in [0.1, 0.15) is 60.8 Å². The van der Waals surface area contributed by atoms with Crippen molar-refractivity contribution >= 4 is 16.9 Å². The maximum absolute atomic E-state index is 13.2. The lowest BCUT2D eigenvalue weighted by atomic mass is 9.79. The van der Waals surface area contributed by atoms with Gasteiger partial charge in [-0.1, -0.05) is 13.8 Å². The van der Waals surface area contributed by atoms with Crippen LogP contribution >= 0.6 is 0 Å². The van der Waals surface area contributed by atoms with E-state index in [4.69, 9.17) is 0 Å². The van der Waals surface area contributed by atoms with Gasteiger partial charge in [0.15, 0.2) is 0 Å². The number of nitrogens with zero attached hydrogens (tertiary/aromatic N) is 3. The smallest absolute Gasteiger partial charge is 0.328 e. The molecule has 34 heavy (non-hydrogen) atoms. The maximum atomic E-state index is 13.2. The number of aromatic amines is 2. The summed E-state index contributed by atoms with van der Waals surface area (Å²) in [6.45, 7) is 5.50. The van der Waals surface area contributed by atoms with E-state index in [0.29, 0.717) is 17.5 Å². The fraction of sp³-hybridized carbons (Fsp3) is 0.500. The Balaban J connectivity index is 1.47. The van der Waals surface area contributed by atoms with Crippen LogP contribution in [0.4, 0.5) is 0 Å². The van der Waals surface area contributed by atoms with Gasteiger partial charge in [-0.15, -0.1) is 0 Å². The van der Waals surface area contributed by atoms with Crippen LogP contribution in [-0.4, -0.2) is 65.3 Å². The van der Waals surface area contributed by atoms with Crippen molar-refractivity contribution in [1.82, 2.24) is 24.4 Å². The fourth-order valence-electron chi connectivity index (χ4n) is 4.55. The Morgan fingerprint density at radius 3 is 2.74 bits per heavy atom. The van der Waals surface area contributed by atoms with Gasteiger partial charge in [0, 0.05) is 36.3 Å². The molecule has 3 aromatic rings. The minimum absolute atomic E-state index is 0.149. The molecule has 0 radical (unpaired) electrons. The second kappa shape index (κ2) is 8.84. The summed E-state index contributed by atoms with van der Waals surface area (Å²) in [7, 11) is 1.69. The van der Waals surface area contributed by atoms with Crippen molar-refractivity contribution in [3.8, 4) is 0 Å². The van der Waals surface area contributed by atoms with Crippen molar-refractivity contribution in [1.29, 1.82) is 0 Å². The Labute approximate surface area is 196 Å². The monoisotopic (exact) mass is 469 g/mol. The van der Waals surface area contributed by atoms with Crippen LogP contribution in [0.5, 0.6) is 0 Å². The van der Waals surface area contributed by atoms with E-state index in [9.17, 15) is 24.6 Å². The number of amides is 1. The predicted molar refractivity (Wildman–Crippen MR) is 127 cm³/mol. The fourth-order valence-corrected chi connectivity index (χ4v) is 4.55. The summed E-state index contributed by atoms with van der Waals surface area (Å²) in [6.07, 6.45) is 1.04. The topological polar surface area (TPSA) is 144 Å². The number of H-pyrrole nitrogens is 2. The average Bonchev–Trinajstić information content (AvgIpc) is 3.22. The Hall–Kier alpha value is -3.24. The van der Waals surface area contributed by atoms with Gasteiger partial charge in [0.25, 0.3) is 11.5 Å². The van der Waals surface area contributed by atoms with E-state index >= 15 is 0 Å². The number of carbonyl (C=O) groups excluding carboxylic acids is 1. The predicted octanol–water partition coefficient (Wildman–Crippen LogP) is 1.26. The molecule has 3 atom stereocenters. The van der Waals surface area contributed by atoms with Gasteiger partial charge in [0.05, 0.1) is 23.7 Å². The molecule has 1 aromatic carbocycles. The molecular formula is C24H31N5O5. The van der Waals surface area contributed by atoms with Crippen LogP contribution < -0.4 is 11.2 Å². The summed E-state index contributed by atoms with van der Waals surface area (Å²) in [5.74, 6) is 0.921. The molecule has 4 rings (SSSR count). The summed E-state index contributed by atoms with van der Waals surface area (Å²) in [6, 6.07) is 5.07. The molecule has 0 spiro atoms. The molecule has 10 heteroatoms. The first-order valence-corrected chi connectivity index (χ1v) is 11.5. The van der Waals surface area contributed by atoms with Gasteiger partial charge in [-0.05, 0) is 44.4 Å². The van der Waals surface area contributed by atoms with Crippen LogP contribution in [-0.2, 0) is 6.54 Å². The summed E-state index contributed by atoms with van der Waals surface area (Å²) in [5.41, 5.74) is -0.217. The first kappa shape index (κ1) is 23.9. The number of carbonyl (C=O) groups is 1. The number of aliphatic hydroxyl groups is 2. The van der Waals surface area contributed by atoms with E-state index in [1.165, 1.54) is 10.8 Å². The van der Waals surface area contributed by atoms with E-state index in [1.807, 2.05) is 19.9 Å². The quantitative estimate of drug-likeness (QED) is 0.443. The van der Waals surface area contributed by atoms with E-state index < -0.39 is 23.0 Å². The van der Waals surface area contributed by atoms with Crippen LogP contribution in [0.3, 0.4) is 0 Å². The highest BCUT2D eigenvalue weighted by Crippen LogP contribution is 2.33. The number of fused-ring (bicyclic) bond motifs is 1. The molecule has 2 aromatic heterocycles. The van der Waals surface area contributed by atoms with E-state index in [0.717, 1.165) is 16.9 Å². The molecule has 1 amide bonds. The SMILES string of the molecule is Cc1cn(C[C@]2(O)CC[C@H](N(C)C(=O)c3ccc4nc(C(C)C)[nH]c4c3)C[C@H]2O)c(=O)[nH]c1=O. The van der Waals surface area contributed by atoms with Gasteiger partial charge in [0.1, 0.15) is 11.4 Å². The van der Waals surface area contributed by atoms with E-state index in [2.05, 4.69) is 15.0 Å². The van der Waals surface area contributed by atoms with Gasteiger partial charge in [0.2, 0.25) is 0 Å². The Bertz CT molecular complexity index is 1340. The first-order chi connectivity index (χ1) is 16.0. The molecule has 182 valence electrons. The molecule has 10 nitrogen and oxygen atoms in total. The Kier molecular flexibility index (Phi) is 6.22. The van der Waals surface area contributed by atoms with Gasteiger partial charge in [-0.25, -0.2) is 9.78 Å².